The summed E-state index contributed by atoms with van der Waals surface area (Å²) in [4.78, 5) is 12.0. The van der Waals surface area contributed by atoms with Crippen LogP contribution >= 0.6 is 11.8 Å². The Kier molecular flexibility index (Phi) is 3.01. The Morgan fingerprint density at radius 3 is 2.88 bits per heavy atom. The molecule has 16 heavy (non-hydrogen) atoms. The normalized spacial score (nSPS) is 10.9. The van der Waals surface area contributed by atoms with Crippen LogP contribution in [0.1, 0.15) is 5.56 Å². The molecule has 0 spiro atoms. The first-order valence-corrected chi connectivity index (χ1v) is 6.30. The molecule has 0 aliphatic rings. The second-order valence-electron chi connectivity index (χ2n) is 3.66. The second-order valence-corrected chi connectivity index (χ2v) is 4.53. The van der Waals surface area contributed by atoms with E-state index in [4.69, 9.17) is 0 Å². The zero-order valence-electron chi connectivity index (χ0n) is 9.16. The maximum absolute atomic E-state index is 13.6. The van der Waals surface area contributed by atoms with Crippen LogP contribution in [0.4, 0.5) is 4.39 Å². The number of rotatable bonds is 2. The lowest BCUT2D eigenvalue weighted by Crippen LogP contribution is -2.13. The van der Waals surface area contributed by atoms with Crippen LogP contribution in [0.2, 0.25) is 0 Å². The van der Waals surface area contributed by atoms with Gasteiger partial charge in [0.15, 0.2) is 5.43 Å². The van der Waals surface area contributed by atoms with E-state index in [1.807, 2.05) is 6.26 Å². The predicted molar refractivity (Wildman–Crippen MR) is 66.4 cm³/mol. The second kappa shape index (κ2) is 4.29. The number of hydrogen-bond acceptors (Lipinski definition) is 2. The smallest absolute Gasteiger partial charge is 0.193 e. The minimum absolute atomic E-state index is 0.0676. The van der Waals surface area contributed by atoms with Crippen molar-refractivity contribution in [2.75, 3.05) is 6.26 Å². The predicted octanol–water partition coefficient (Wildman–Crippen LogP) is 2.54. The number of para-hydroxylation sites is 1. The summed E-state index contributed by atoms with van der Waals surface area (Å²) in [5.41, 5.74) is 1.02. The molecule has 0 saturated carbocycles. The highest BCUT2D eigenvalue weighted by molar-refractivity contribution is 7.97. The van der Waals surface area contributed by atoms with E-state index in [0.717, 1.165) is 0 Å². The topological polar surface area (TPSA) is 22.0 Å². The fourth-order valence-corrected chi connectivity index (χ4v) is 2.36. The van der Waals surface area contributed by atoms with Crippen molar-refractivity contribution < 1.29 is 4.39 Å². The maximum Gasteiger partial charge on any atom is 0.193 e. The van der Waals surface area contributed by atoms with Gasteiger partial charge in [-0.2, -0.15) is 11.8 Å². The van der Waals surface area contributed by atoms with Crippen molar-refractivity contribution >= 4 is 22.7 Å². The molecule has 0 bridgehead atoms. The average Bonchev–Trinajstić information content (AvgIpc) is 2.25. The van der Waals surface area contributed by atoms with Crippen LogP contribution in [0.5, 0.6) is 0 Å². The van der Waals surface area contributed by atoms with Gasteiger partial charge in [-0.3, -0.25) is 4.79 Å². The minimum atomic E-state index is -0.354. The molecule has 0 radical (unpaired) electrons. The Morgan fingerprint density at radius 1 is 1.44 bits per heavy atom. The summed E-state index contributed by atoms with van der Waals surface area (Å²) in [5, 5.41) is 0.453. The minimum Gasteiger partial charge on any atom is -0.348 e. The molecule has 1 aromatic heterocycles. The van der Waals surface area contributed by atoms with Gasteiger partial charge in [0.05, 0.1) is 5.52 Å². The summed E-state index contributed by atoms with van der Waals surface area (Å²) in [6.45, 7) is 0. The number of halogens is 1. The highest BCUT2D eigenvalue weighted by Crippen LogP contribution is 2.16. The van der Waals surface area contributed by atoms with Gasteiger partial charge in [0.2, 0.25) is 0 Å². The van der Waals surface area contributed by atoms with Gasteiger partial charge >= 0.3 is 0 Å². The number of nitrogens with zero attached hydrogens (tertiary/aromatic N) is 1. The van der Waals surface area contributed by atoms with Crippen molar-refractivity contribution in [2.24, 2.45) is 7.05 Å². The molecule has 1 heterocycles. The van der Waals surface area contributed by atoms with Crippen LogP contribution in [0.3, 0.4) is 0 Å². The molecule has 0 atom stereocenters. The summed E-state index contributed by atoms with van der Waals surface area (Å²) in [6.07, 6.45) is 3.65. The lowest BCUT2D eigenvalue weighted by Gasteiger charge is -2.08. The standard InChI is InChI=1S/C12H12FNOS/c1-14-6-8(7-16-2)12(15)9-4-3-5-10(13)11(9)14/h3-6H,7H2,1-2H3. The van der Waals surface area contributed by atoms with Gasteiger partial charge in [-0.15, -0.1) is 0 Å². The summed E-state index contributed by atoms with van der Waals surface area (Å²) in [6, 6.07) is 4.61. The van der Waals surface area contributed by atoms with Gasteiger partial charge < -0.3 is 4.57 Å². The van der Waals surface area contributed by atoms with Crippen LogP contribution < -0.4 is 5.43 Å². The zero-order chi connectivity index (χ0) is 11.7. The van der Waals surface area contributed by atoms with Gasteiger partial charge in [-0.1, -0.05) is 6.07 Å². The SMILES string of the molecule is CSCc1cn(C)c2c(F)cccc2c1=O. The van der Waals surface area contributed by atoms with Crippen molar-refractivity contribution in [3.63, 3.8) is 0 Å². The molecule has 4 heteroatoms. The summed E-state index contributed by atoms with van der Waals surface area (Å²) in [5.74, 6) is 0.298. The molecule has 0 aliphatic carbocycles. The van der Waals surface area contributed by atoms with E-state index in [1.54, 1.807) is 41.7 Å². The van der Waals surface area contributed by atoms with Gasteiger partial charge in [0, 0.05) is 29.9 Å². The molecule has 0 aliphatic heterocycles. The van der Waals surface area contributed by atoms with E-state index in [-0.39, 0.29) is 11.2 Å². The Labute approximate surface area is 97.1 Å². The Bertz CT molecular complexity index is 591. The molecule has 2 rings (SSSR count). The molecule has 0 amide bonds. The first kappa shape index (κ1) is 11.2. The molecular formula is C12H12FNOS. The van der Waals surface area contributed by atoms with E-state index >= 15 is 0 Å². The third-order valence-electron chi connectivity index (χ3n) is 2.53. The first-order chi connectivity index (χ1) is 7.65. The number of aromatic nitrogens is 1. The number of thioether (sulfide) groups is 1. The molecule has 2 nitrogen and oxygen atoms in total. The van der Waals surface area contributed by atoms with E-state index in [1.165, 1.54) is 6.07 Å². The number of aryl methyl sites for hydroxylation is 1. The monoisotopic (exact) mass is 237 g/mol. The average molecular weight is 237 g/mol. The maximum atomic E-state index is 13.6. The highest BCUT2D eigenvalue weighted by atomic mass is 32.2. The lowest BCUT2D eigenvalue weighted by molar-refractivity contribution is 0.630. The van der Waals surface area contributed by atoms with Gasteiger partial charge in [0.25, 0.3) is 0 Å². The number of fused-ring (bicyclic) bond motifs is 1. The fraction of sp³-hybridized carbons (Fsp3) is 0.250. The van der Waals surface area contributed by atoms with E-state index in [0.29, 0.717) is 22.2 Å². The van der Waals surface area contributed by atoms with Gasteiger partial charge in [0.1, 0.15) is 5.82 Å². The molecule has 0 fully saturated rings. The van der Waals surface area contributed by atoms with Crippen LogP contribution in [-0.2, 0) is 12.8 Å². The fourth-order valence-electron chi connectivity index (χ4n) is 1.85. The Hall–Kier alpha value is -1.29. The molecular weight excluding hydrogens is 225 g/mol. The first-order valence-electron chi connectivity index (χ1n) is 4.91. The zero-order valence-corrected chi connectivity index (χ0v) is 9.97. The van der Waals surface area contributed by atoms with Crippen molar-refractivity contribution in [3.8, 4) is 0 Å². The van der Waals surface area contributed by atoms with Gasteiger partial charge in [-0.25, -0.2) is 4.39 Å². The largest absolute Gasteiger partial charge is 0.348 e. The molecule has 1 aromatic carbocycles. The highest BCUT2D eigenvalue weighted by Gasteiger charge is 2.09. The van der Waals surface area contributed by atoms with Crippen LogP contribution in [0, 0.1) is 5.82 Å². The van der Waals surface area contributed by atoms with E-state index in [2.05, 4.69) is 0 Å². The number of benzene rings is 1. The molecule has 0 unspecified atom stereocenters. The quantitative estimate of drug-likeness (QED) is 0.800. The third-order valence-corrected chi connectivity index (χ3v) is 3.12. The van der Waals surface area contributed by atoms with E-state index in [9.17, 15) is 9.18 Å². The summed E-state index contributed by atoms with van der Waals surface area (Å²) in [7, 11) is 1.76. The number of hydrogen-bond donors (Lipinski definition) is 0. The van der Waals surface area contributed by atoms with Gasteiger partial charge in [-0.05, 0) is 18.4 Å². The van der Waals surface area contributed by atoms with Crippen molar-refractivity contribution in [1.29, 1.82) is 0 Å². The van der Waals surface area contributed by atoms with E-state index < -0.39 is 0 Å². The number of pyridine rings is 1. The Balaban J connectivity index is 2.85. The van der Waals surface area contributed by atoms with Crippen LogP contribution in [0.25, 0.3) is 10.9 Å². The Morgan fingerprint density at radius 2 is 2.19 bits per heavy atom. The van der Waals surface area contributed by atoms with Crippen LogP contribution in [0.15, 0.2) is 29.2 Å². The lowest BCUT2D eigenvalue weighted by atomic mass is 10.1. The molecule has 84 valence electrons. The third kappa shape index (κ3) is 1.73. The van der Waals surface area contributed by atoms with Crippen LogP contribution in [-0.4, -0.2) is 10.8 Å². The summed E-state index contributed by atoms with van der Waals surface area (Å²) < 4.78 is 15.3. The summed E-state index contributed by atoms with van der Waals surface area (Å²) >= 11 is 1.58. The van der Waals surface area contributed by atoms with Crippen molar-refractivity contribution in [1.82, 2.24) is 4.57 Å². The molecule has 0 N–H and O–H groups in total. The van der Waals surface area contributed by atoms with Crippen molar-refractivity contribution in [3.05, 3.63) is 46.0 Å². The molecule has 2 aromatic rings. The molecule has 0 saturated heterocycles. The van der Waals surface area contributed by atoms with Crippen molar-refractivity contribution in [2.45, 2.75) is 5.75 Å².